The van der Waals surface area contributed by atoms with Crippen LogP contribution in [0.5, 0.6) is 0 Å². The van der Waals surface area contributed by atoms with Crippen molar-refractivity contribution in [3.63, 3.8) is 0 Å². The summed E-state index contributed by atoms with van der Waals surface area (Å²) in [6.45, 7) is 4.00. The molecule has 0 radical (unpaired) electrons. The molecule has 0 aliphatic carbocycles. The fourth-order valence-electron chi connectivity index (χ4n) is 1.51. The van der Waals surface area contributed by atoms with E-state index in [4.69, 9.17) is 17.3 Å². The van der Waals surface area contributed by atoms with Gasteiger partial charge in [0.05, 0.1) is 6.04 Å². The van der Waals surface area contributed by atoms with Crippen LogP contribution in [0.15, 0.2) is 18.2 Å². The van der Waals surface area contributed by atoms with Crippen molar-refractivity contribution in [2.75, 3.05) is 5.32 Å². The smallest absolute Gasteiger partial charge is 0.241 e. The Morgan fingerprint density at radius 3 is 2.88 bits per heavy atom. The summed E-state index contributed by atoms with van der Waals surface area (Å²) < 4.78 is 0. The maximum absolute atomic E-state index is 11.8. The minimum Gasteiger partial charge on any atom is -0.324 e. The van der Waals surface area contributed by atoms with E-state index in [-0.39, 0.29) is 5.91 Å². The molecule has 0 aromatic heterocycles. The molecule has 0 unspecified atom stereocenters. The SMILES string of the molecule is CCCC[C@H](N)C(=O)Nc1cc(Cl)ccc1C. The largest absolute Gasteiger partial charge is 0.324 e. The number of hydrogen-bond donors (Lipinski definition) is 2. The van der Waals surface area contributed by atoms with E-state index < -0.39 is 6.04 Å². The van der Waals surface area contributed by atoms with Crippen molar-refractivity contribution in [1.82, 2.24) is 0 Å². The first-order valence-electron chi connectivity index (χ1n) is 5.87. The Morgan fingerprint density at radius 1 is 1.53 bits per heavy atom. The highest BCUT2D eigenvalue weighted by Crippen LogP contribution is 2.20. The van der Waals surface area contributed by atoms with Gasteiger partial charge in [0.25, 0.3) is 0 Å². The second kappa shape index (κ2) is 6.62. The maximum atomic E-state index is 11.8. The van der Waals surface area contributed by atoms with Gasteiger partial charge in [0, 0.05) is 10.7 Å². The summed E-state index contributed by atoms with van der Waals surface area (Å²) in [7, 11) is 0. The first-order chi connectivity index (χ1) is 8.04. The first kappa shape index (κ1) is 14.0. The zero-order valence-corrected chi connectivity index (χ0v) is 11.1. The third kappa shape index (κ3) is 4.36. The van der Waals surface area contributed by atoms with Crippen molar-refractivity contribution in [3.05, 3.63) is 28.8 Å². The molecule has 1 aromatic rings. The van der Waals surface area contributed by atoms with Crippen LogP contribution >= 0.6 is 11.6 Å². The van der Waals surface area contributed by atoms with Gasteiger partial charge < -0.3 is 11.1 Å². The fraction of sp³-hybridized carbons (Fsp3) is 0.462. The average Bonchev–Trinajstić information content (AvgIpc) is 2.30. The second-order valence-electron chi connectivity index (χ2n) is 4.20. The van der Waals surface area contributed by atoms with Crippen LogP contribution in [-0.2, 0) is 4.79 Å². The van der Waals surface area contributed by atoms with Crippen molar-refractivity contribution in [3.8, 4) is 0 Å². The molecule has 0 heterocycles. The van der Waals surface area contributed by atoms with Gasteiger partial charge in [-0.3, -0.25) is 4.79 Å². The minimum absolute atomic E-state index is 0.149. The summed E-state index contributed by atoms with van der Waals surface area (Å²) in [6.07, 6.45) is 2.71. The number of nitrogens with two attached hydrogens (primary N) is 1. The van der Waals surface area contributed by atoms with Crippen molar-refractivity contribution in [2.24, 2.45) is 5.73 Å². The van der Waals surface area contributed by atoms with E-state index in [1.54, 1.807) is 12.1 Å². The molecule has 0 spiro atoms. The molecule has 94 valence electrons. The van der Waals surface area contributed by atoms with Crippen molar-refractivity contribution >= 4 is 23.2 Å². The normalized spacial score (nSPS) is 12.2. The summed E-state index contributed by atoms with van der Waals surface area (Å²) in [6, 6.07) is 4.95. The molecule has 0 saturated carbocycles. The Labute approximate surface area is 107 Å². The molecule has 17 heavy (non-hydrogen) atoms. The number of rotatable bonds is 5. The van der Waals surface area contributed by atoms with E-state index in [0.29, 0.717) is 11.4 Å². The second-order valence-corrected chi connectivity index (χ2v) is 4.63. The number of carbonyl (C=O) groups is 1. The highest BCUT2D eigenvalue weighted by atomic mass is 35.5. The fourth-order valence-corrected chi connectivity index (χ4v) is 1.68. The quantitative estimate of drug-likeness (QED) is 0.848. The molecule has 0 bridgehead atoms. The third-order valence-electron chi connectivity index (χ3n) is 2.66. The van der Waals surface area contributed by atoms with Gasteiger partial charge in [0.1, 0.15) is 0 Å². The molecule has 1 rings (SSSR count). The molecule has 0 aliphatic rings. The minimum atomic E-state index is -0.451. The van der Waals surface area contributed by atoms with Crippen molar-refractivity contribution < 1.29 is 4.79 Å². The number of carbonyl (C=O) groups excluding carboxylic acids is 1. The van der Waals surface area contributed by atoms with Crippen LogP contribution in [0.2, 0.25) is 5.02 Å². The van der Waals surface area contributed by atoms with Crippen LogP contribution in [0.25, 0.3) is 0 Å². The summed E-state index contributed by atoms with van der Waals surface area (Å²) in [4.78, 5) is 11.8. The Balaban J connectivity index is 2.64. The lowest BCUT2D eigenvalue weighted by Gasteiger charge is -2.13. The first-order valence-corrected chi connectivity index (χ1v) is 6.25. The van der Waals surface area contributed by atoms with Gasteiger partial charge in [-0.2, -0.15) is 0 Å². The molecular formula is C13H19ClN2O. The van der Waals surface area contributed by atoms with Gasteiger partial charge in [-0.05, 0) is 31.0 Å². The molecule has 0 saturated heterocycles. The van der Waals surface area contributed by atoms with Crippen LogP contribution in [0, 0.1) is 6.92 Å². The number of benzene rings is 1. The van der Waals surface area contributed by atoms with Crippen LogP contribution in [0.4, 0.5) is 5.69 Å². The van der Waals surface area contributed by atoms with E-state index in [2.05, 4.69) is 12.2 Å². The molecule has 3 N–H and O–H groups in total. The monoisotopic (exact) mass is 254 g/mol. The number of unbranched alkanes of at least 4 members (excludes halogenated alkanes) is 1. The molecule has 3 nitrogen and oxygen atoms in total. The number of halogens is 1. The lowest BCUT2D eigenvalue weighted by atomic mass is 10.1. The number of amides is 1. The van der Waals surface area contributed by atoms with E-state index in [1.165, 1.54) is 0 Å². The lowest BCUT2D eigenvalue weighted by molar-refractivity contribution is -0.117. The van der Waals surface area contributed by atoms with Gasteiger partial charge in [-0.25, -0.2) is 0 Å². The van der Waals surface area contributed by atoms with Crippen molar-refractivity contribution in [1.29, 1.82) is 0 Å². The average molecular weight is 255 g/mol. The van der Waals surface area contributed by atoms with Crippen LogP contribution in [0.3, 0.4) is 0 Å². The van der Waals surface area contributed by atoms with Gasteiger partial charge in [-0.15, -0.1) is 0 Å². The highest BCUT2D eigenvalue weighted by molar-refractivity contribution is 6.31. The van der Waals surface area contributed by atoms with Gasteiger partial charge >= 0.3 is 0 Å². The zero-order valence-electron chi connectivity index (χ0n) is 10.3. The van der Waals surface area contributed by atoms with E-state index in [1.807, 2.05) is 13.0 Å². The maximum Gasteiger partial charge on any atom is 0.241 e. The lowest BCUT2D eigenvalue weighted by Crippen LogP contribution is -2.35. The predicted molar refractivity (Wildman–Crippen MR) is 72.3 cm³/mol. The van der Waals surface area contributed by atoms with E-state index in [0.717, 1.165) is 24.1 Å². The molecule has 4 heteroatoms. The van der Waals surface area contributed by atoms with Crippen LogP contribution < -0.4 is 11.1 Å². The van der Waals surface area contributed by atoms with Gasteiger partial charge in [0.2, 0.25) is 5.91 Å². The molecule has 1 aromatic carbocycles. The number of hydrogen-bond acceptors (Lipinski definition) is 2. The molecule has 0 fully saturated rings. The molecule has 1 atom stereocenters. The van der Waals surface area contributed by atoms with E-state index in [9.17, 15) is 4.79 Å². The highest BCUT2D eigenvalue weighted by Gasteiger charge is 2.13. The zero-order chi connectivity index (χ0) is 12.8. The molecule has 1 amide bonds. The molecular weight excluding hydrogens is 236 g/mol. The number of aryl methyl sites for hydroxylation is 1. The van der Waals surface area contributed by atoms with Gasteiger partial charge in [0.15, 0.2) is 0 Å². The van der Waals surface area contributed by atoms with Gasteiger partial charge in [-0.1, -0.05) is 37.4 Å². The Morgan fingerprint density at radius 2 is 2.24 bits per heavy atom. The summed E-state index contributed by atoms with van der Waals surface area (Å²) in [5.74, 6) is -0.149. The Kier molecular flexibility index (Phi) is 5.45. The van der Waals surface area contributed by atoms with Crippen LogP contribution in [0.1, 0.15) is 31.7 Å². The number of nitrogens with one attached hydrogen (secondary N) is 1. The Hall–Kier alpha value is -1.06. The Bertz CT molecular complexity index is 393. The topological polar surface area (TPSA) is 55.1 Å². The van der Waals surface area contributed by atoms with E-state index >= 15 is 0 Å². The number of anilines is 1. The summed E-state index contributed by atoms with van der Waals surface area (Å²) in [5.41, 5.74) is 7.50. The standard InChI is InChI=1S/C13H19ClN2O/c1-3-4-5-11(15)13(17)16-12-8-10(14)7-6-9(12)2/h6-8,11H,3-5,15H2,1-2H3,(H,16,17)/t11-/m0/s1. The van der Waals surface area contributed by atoms with Crippen molar-refractivity contribution in [2.45, 2.75) is 39.2 Å². The summed E-state index contributed by atoms with van der Waals surface area (Å²) >= 11 is 5.88. The third-order valence-corrected chi connectivity index (χ3v) is 2.90. The predicted octanol–water partition coefficient (Wildman–Crippen LogP) is 3.10. The summed E-state index contributed by atoms with van der Waals surface area (Å²) in [5, 5.41) is 3.42. The van der Waals surface area contributed by atoms with Crippen LogP contribution in [-0.4, -0.2) is 11.9 Å². The molecule has 0 aliphatic heterocycles.